The zero-order valence-electron chi connectivity index (χ0n) is 19.1. The highest BCUT2D eigenvalue weighted by Gasteiger charge is 2.36. The smallest absolute Gasteiger partial charge is 0.243 e. The molecule has 2 aromatic rings. The molecule has 1 atom stereocenters. The van der Waals surface area contributed by atoms with Crippen LogP contribution in [0.4, 0.5) is 5.69 Å². The standard InChI is InChI=1S/C26H33N3O3S/c30-26(28-15-14-24(19-28)27-23-8-2-1-3-9-23)21-12-16-29(17-13-21)33(31,32)25-11-10-20-6-4-5-7-22(20)18-25/h1-3,8-11,18,21,24,27H,4-7,12-17,19H2. The lowest BCUT2D eigenvalue weighted by Gasteiger charge is -2.32. The number of hydrogen-bond donors (Lipinski definition) is 1. The molecular formula is C26H33N3O3S. The van der Waals surface area contributed by atoms with E-state index in [0.29, 0.717) is 37.4 Å². The Morgan fingerprint density at radius 1 is 0.879 bits per heavy atom. The first-order chi connectivity index (χ1) is 16.0. The van der Waals surface area contributed by atoms with Gasteiger partial charge in [-0.05, 0) is 80.3 Å². The fourth-order valence-electron chi connectivity index (χ4n) is 5.47. The molecule has 7 heteroatoms. The number of nitrogens with zero attached hydrogens (tertiary/aromatic N) is 2. The van der Waals surface area contributed by atoms with Crippen LogP contribution in [0.15, 0.2) is 53.4 Å². The maximum Gasteiger partial charge on any atom is 0.243 e. The van der Waals surface area contributed by atoms with Crippen molar-refractivity contribution in [2.24, 2.45) is 5.92 Å². The Kier molecular flexibility index (Phi) is 6.43. The number of fused-ring (bicyclic) bond motifs is 1. The first-order valence-electron chi connectivity index (χ1n) is 12.2. The maximum absolute atomic E-state index is 13.2. The number of hydrogen-bond acceptors (Lipinski definition) is 4. The summed E-state index contributed by atoms with van der Waals surface area (Å²) in [7, 11) is -3.51. The topological polar surface area (TPSA) is 69.7 Å². The maximum atomic E-state index is 13.2. The minimum absolute atomic E-state index is 0.0875. The van der Waals surface area contributed by atoms with Gasteiger partial charge in [-0.1, -0.05) is 24.3 Å². The van der Waals surface area contributed by atoms with E-state index in [-0.39, 0.29) is 17.9 Å². The van der Waals surface area contributed by atoms with E-state index in [1.54, 1.807) is 10.4 Å². The van der Waals surface area contributed by atoms with E-state index in [1.165, 1.54) is 17.5 Å². The number of nitrogens with one attached hydrogen (secondary N) is 1. The summed E-state index contributed by atoms with van der Waals surface area (Å²) in [6.45, 7) is 2.29. The molecule has 33 heavy (non-hydrogen) atoms. The molecule has 1 unspecified atom stereocenters. The molecule has 0 saturated carbocycles. The van der Waals surface area contributed by atoms with Crippen molar-refractivity contribution in [1.29, 1.82) is 0 Å². The number of amides is 1. The van der Waals surface area contributed by atoms with E-state index >= 15 is 0 Å². The van der Waals surface area contributed by atoms with E-state index in [9.17, 15) is 13.2 Å². The van der Waals surface area contributed by atoms with Gasteiger partial charge in [-0.15, -0.1) is 0 Å². The normalized spacial score (nSPS) is 22.2. The van der Waals surface area contributed by atoms with Gasteiger partial charge in [0.25, 0.3) is 0 Å². The van der Waals surface area contributed by atoms with E-state index in [1.807, 2.05) is 47.4 Å². The van der Waals surface area contributed by atoms with Crippen molar-refractivity contribution >= 4 is 21.6 Å². The Hall–Kier alpha value is -2.38. The summed E-state index contributed by atoms with van der Waals surface area (Å²) in [4.78, 5) is 15.5. The molecular weight excluding hydrogens is 434 g/mol. The van der Waals surface area contributed by atoms with Gasteiger partial charge in [-0.2, -0.15) is 4.31 Å². The van der Waals surface area contributed by atoms with Crippen molar-refractivity contribution < 1.29 is 13.2 Å². The van der Waals surface area contributed by atoms with Crippen LogP contribution in [0.25, 0.3) is 0 Å². The average molecular weight is 468 g/mol. The number of piperidine rings is 1. The van der Waals surface area contributed by atoms with Gasteiger partial charge in [0.2, 0.25) is 15.9 Å². The van der Waals surface area contributed by atoms with Gasteiger partial charge in [-0.25, -0.2) is 8.42 Å². The number of likely N-dealkylation sites (tertiary alicyclic amines) is 1. The van der Waals surface area contributed by atoms with Gasteiger partial charge in [0.15, 0.2) is 0 Å². The molecule has 1 amide bonds. The predicted octanol–water partition coefficient (Wildman–Crippen LogP) is 3.68. The molecule has 3 aliphatic rings. The van der Waals surface area contributed by atoms with E-state index in [0.717, 1.165) is 37.9 Å². The number of carbonyl (C=O) groups excluding carboxylic acids is 1. The number of carbonyl (C=O) groups is 1. The minimum Gasteiger partial charge on any atom is -0.380 e. The lowest BCUT2D eigenvalue weighted by atomic mass is 9.92. The molecule has 0 bridgehead atoms. The number of para-hydroxylation sites is 1. The highest BCUT2D eigenvalue weighted by molar-refractivity contribution is 7.89. The Morgan fingerprint density at radius 2 is 1.61 bits per heavy atom. The summed E-state index contributed by atoms with van der Waals surface area (Å²) in [6.07, 6.45) is 6.44. The largest absolute Gasteiger partial charge is 0.380 e. The molecule has 2 aliphatic heterocycles. The molecule has 176 valence electrons. The van der Waals surface area contributed by atoms with Gasteiger partial charge in [0, 0.05) is 43.8 Å². The Bertz CT molecular complexity index is 1100. The Balaban J connectivity index is 1.16. The van der Waals surface area contributed by atoms with Crippen molar-refractivity contribution in [1.82, 2.24) is 9.21 Å². The summed E-state index contributed by atoms with van der Waals surface area (Å²) in [5.41, 5.74) is 3.55. The highest BCUT2D eigenvalue weighted by Crippen LogP contribution is 2.29. The zero-order valence-corrected chi connectivity index (χ0v) is 19.9. The van der Waals surface area contributed by atoms with Gasteiger partial charge in [0.1, 0.15) is 0 Å². The van der Waals surface area contributed by atoms with Gasteiger partial charge >= 0.3 is 0 Å². The molecule has 1 N–H and O–H groups in total. The third-order valence-electron chi connectivity index (χ3n) is 7.41. The molecule has 2 saturated heterocycles. The Morgan fingerprint density at radius 3 is 2.36 bits per heavy atom. The first-order valence-corrected chi connectivity index (χ1v) is 13.7. The van der Waals surface area contributed by atoms with Crippen LogP contribution < -0.4 is 5.32 Å². The molecule has 0 radical (unpaired) electrons. The summed E-state index contributed by atoms with van der Waals surface area (Å²) < 4.78 is 28.1. The van der Waals surface area contributed by atoms with E-state index < -0.39 is 10.0 Å². The second kappa shape index (κ2) is 9.47. The molecule has 2 heterocycles. The van der Waals surface area contributed by atoms with E-state index in [2.05, 4.69) is 5.32 Å². The molecule has 0 aromatic heterocycles. The van der Waals surface area contributed by atoms with Crippen LogP contribution in [0.1, 0.15) is 43.2 Å². The summed E-state index contributed by atoms with van der Waals surface area (Å²) in [5, 5.41) is 3.51. The van der Waals surface area contributed by atoms with Crippen LogP contribution >= 0.6 is 0 Å². The fraction of sp³-hybridized carbons (Fsp3) is 0.500. The lowest BCUT2D eigenvalue weighted by molar-refractivity contribution is -0.135. The summed E-state index contributed by atoms with van der Waals surface area (Å²) >= 11 is 0. The van der Waals surface area contributed by atoms with Crippen LogP contribution in [-0.2, 0) is 27.7 Å². The van der Waals surface area contributed by atoms with Crippen LogP contribution in [0.5, 0.6) is 0 Å². The quantitative estimate of drug-likeness (QED) is 0.728. The molecule has 6 nitrogen and oxygen atoms in total. The van der Waals surface area contributed by atoms with Crippen LogP contribution in [0.2, 0.25) is 0 Å². The molecule has 1 aliphatic carbocycles. The molecule has 5 rings (SSSR count). The summed E-state index contributed by atoms with van der Waals surface area (Å²) in [5.74, 6) is 0.0913. The number of sulfonamides is 1. The van der Waals surface area contributed by atoms with Crippen LogP contribution in [-0.4, -0.2) is 55.8 Å². The van der Waals surface area contributed by atoms with Crippen molar-refractivity contribution in [3.05, 3.63) is 59.7 Å². The van der Waals surface area contributed by atoms with Crippen LogP contribution in [0.3, 0.4) is 0 Å². The van der Waals surface area contributed by atoms with Crippen molar-refractivity contribution in [2.45, 2.75) is 55.9 Å². The van der Waals surface area contributed by atoms with Gasteiger partial charge in [-0.3, -0.25) is 4.79 Å². The fourth-order valence-corrected chi connectivity index (χ4v) is 6.99. The van der Waals surface area contributed by atoms with Crippen molar-refractivity contribution in [2.75, 3.05) is 31.5 Å². The zero-order chi connectivity index (χ0) is 22.8. The van der Waals surface area contributed by atoms with Gasteiger partial charge < -0.3 is 10.2 Å². The van der Waals surface area contributed by atoms with Gasteiger partial charge in [0.05, 0.1) is 4.90 Å². The monoisotopic (exact) mass is 467 g/mol. The molecule has 0 spiro atoms. The lowest BCUT2D eigenvalue weighted by Crippen LogP contribution is -2.44. The Labute approximate surface area is 197 Å². The van der Waals surface area contributed by atoms with Crippen molar-refractivity contribution in [3.63, 3.8) is 0 Å². The number of anilines is 1. The predicted molar refractivity (Wildman–Crippen MR) is 130 cm³/mol. The number of aryl methyl sites for hydroxylation is 2. The van der Waals surface area contributed by atoms with Crippen LogP contribution in [0, 0.1) is 5.92 Å². The third-order valence-corrected chi connectivity index (χ3v) is 9.30. The minimum atomic E-state index is -3.51. The van der Waals surface area contributed by atoms with E-state index in [4.69, 9.17) is 0 Å². The van der Waals surface area contributed by atoms with Crippen molar-refractivity contribution in [3.8, 4) is 0 Å². The summed E-state index contributed by atoms with van der Waals surface area (Å²) in [6, 6.07) is 16.0. The number of rotatable bonds is 5. The average Bonchev–Trinajstić information content (AvgIpc) is 3.32. The number of benzene rings is 2. The third kappa shape index (κ3) is 4.80. The highest BCUT2D eigenvalue weighted by atomic mass is 32.2. The SMILES string of the molecule is O=C(C1CCN(S(=O)(=O)c2ccc3c(c2)CCCC3)CC1)N1CCC(Nc2ccccc2)C1. The molecule has 2 fully saturated rings. The first kappa shape index (κ1) is 22.4. The second-order valence-corrected chi connectivity index (χ2v) is 11.5. The molecule has 2 aromatic carbocycles. The second-order valence-electron chi connectivity index (χ2n) is 9.60.